The molecule has 0 saturated heterocycles. The first-order valence-corrected chi connectivity index (χ1v) is 10.2. The fourth-order valence-electron chi connectivity index (χ4n) is 5.24. The van der Waals surface area contributed by atoms with Gasteiger partial charge in [0.05, 0.1) is 6.04 Å². The molecule has 1 aromatic rings. The van der Waals surface area contributed by atoms with Crippen molar-refractivity contribution < 1.29 is 9.00 Å². The summed E-state index contributed by atoms with van der Waals surface area (Å²) in [6.45, 7) is 2.09. The standard InChI is InChI=1S/C19H25NO2S/c1-11(12-6-8-15(9-7-12)23(3)22)20(2)19(21)18-16-13-4-5-14(10-13)17(16)18/h6-9,11,13-14,16-18H,4-5,10H2,1-3H3/t11-,13+,14+,16-,17-,23+/m1/s1. The van der Waals surface area contributed by atoms with Gasteiger partial charge in [-0.1, -0.05) is 12.1 Å². The number of benzene rings is 1. The molecule has 0 radical (unpaired) electrons. The van der Waals surface area contributed by atoms with Crippen molar-refractivity contribution in [1.29, 1.82) is 0 Å². The third-order valence-corrected chi connectivity index (χ3v) is 7.58. The molecular formula is C19H25NO2S. The summed E-state index contributed by atoms with van der Waals surface area (Å²) in [5, 5.41) is 0. The van der Waals surface area contributed by atoms with Crippen LogP contribution in [0.15, 0.2) is 29.2 Å². The van der Waals surface area contributed by atoms with Gasteiger partial charge in [-0.2, -0.15) is 0 Å². The molecule has 0 aliphatic heterocycles. The van der Waals surface area contributed by atoms with Gasteiger partial charge in [0, 0.05) is 34.9 Å². The van der Waals surface area contributed by atoms with Crippen LogP contribution >= 0.6 is 0 Å². The maximum atomic E-state index is 12.9. The molecule has 23 heavy (non-hydrogen) atoms. The van der Waals surface area contributed by atoms with Gasteiger partial charge in [0.2, 0.25) is 5.91 Å². The Morgan fingerprint density at radius 3 is 2.26 bits per heavy atom. The van der Waals surface area contributed by atoms with Gasteiger partial charge in [-0.15, -0.1) is 0 Å². The van der Waals surface area contributed by atoms with E-state index < -0.39 is 10.8 Å². The summed E-state index contributed by atoms with van der Waals surface area (Å²) >= 11 is 0. The molecule has 2 bridgehead atoms. The Bertz CT molecular complexity index is 640. The summed E-state index contributed by atoms with van der Waals surface area (Å²) in [4.78, 5) is 15.7. The Labute approximate surface area is 140 Å². The highest BCUT2D eigenvalue weighted by Crippen LogP contribution is 2.69. The van der Waals surface area contributed by atoms with E-state index in [1.54, 1.807) is 6.26 Å². The van der Waals surface area contributed by atoms with Crippen molar-refractivity contribution in [1.82, 2.24) is 4.90 Å². The quantitative estimate of drug-likeness (QED) is 0.849. The molecule has 3 fully saturated rings. The van der Waals surface area contributed by atoms with Crippen LogP contribution in [0, 0.1) is 29.6 Å². The highest BCUT2D eigenvalue weighted by molar-refractivity contribution is 7.84. The average molecular weight is 331 g/mol. The lowest BCUT2D eigenvalue weighted by Gasteiger charge is -2.26. The van der Waals surface area contributed by atoms with Crippen LogP contribution in [0.1, 0.15) is 37.8 Å². The minimum absolute atomic E-state index is 0.0702. The van der Waals surface area contributed by atoms with Crippen molar-refractivity contribution in [3.05, 3.63) is 29.8 Å². The number of hydrogen-bond donors (Lipinski definition) is 0. The number of nitrogens with zero attached hydrogens (tertiary/aromatic N) is 1. The van der Waals surface area contributed by atoms with Crippen LogP contribution in [0.2, 0.25) is 0 Å². The Kier molecular flexibility index (Phi) is 3.63. The molecule has 0 unspecified atom stereocenters. The van der Waals surface area contributed by atoms with E-state index in [4.69, 9.17) is 0 Å². The van der Waals surface area contributed by atoms with E-state index in [-0.39, 0.29) is 6.04 Å². The number of carbonyl (C=O) groups is 1. The highest BCUT2D eigenvalue weighted by Gasteiger charge is 2.67. The molecule has 0 heterocycles. The van der Waals surface area contributed by atoms with Gasteiger partial charge in [-0.3, -0.25) is 9.00 Å². The van der Waals surface area contributed by atoms with Crippen LogP contribution in [0.3, 0.4) is 0 Å². The molecule has 0 N–H and O–H groups in total. The summed E-state index contributed by atoms with van der Waals surface area (Å²) in [6.07, 6.45) is 5.78. The van der Waals surface area contributed by atoms with Crippen LogP contribution in [-0.4, -0.2) is 28.3 Å². The second kappa shape index (κ2) is 5.44. The van der Waals surface area contributed by atoms with E-state index >= 15 is 0 Å². The predicted molar refractivity (Wildman–Crippen MR) is 91.3 cm³/mol. The fraction of sp³-hybridized carbons (Fsp3) is 0.632. The van der Waals surface area contributed by atoms with Crippen molar-refractivity contribution in [2.45, 2.75) is 37.1 Å². The molecule has 1 aromatic carbocycles. The number of rotatable bonds is 4. The molecule has 4 heteroatoms. The van der Waals surface area contributed by atoms with Gasteiger partial charge in [-0.25, -0.2) is 0 Å². The topological polar surface area (TPSA) is 37.4 Å². The fourth-order valence-corrected chi connectivity index (χ4v) is 5.76. The van der Waals surface area contributed by atoms with E-state index in [9.17, 15) is 9.00 Å². The molecule has 1 amide bonds. The molecule has 124 valence electrons. The minimum atomic E-state index is -0.952. The summed E-state index contributed by atoms with van der Waals surface area (Å²) in [5.41, 5.74) is 1.11. The summed E-state index contributed by atoms with van der Waals surface area (Å²) < 4.78 is 11.5. The van der Waals surface area contributed by atoms with Gasteiger partial charge in [0.15, 0.2) is 0 Å². The van der Waals surface area contributed by atoms with E-state index in [2.05, 4.69) is 6.92 Å². The minimum Gasteiger partial charge on any atom is -0.339 e. The number of carbonyl (C=O) groups excluding carboxylic acids is 1. The molecule has 0 spiro atoms. The number of amides is 1. The van der Waals surface area contributed by atoms with Gasteiger partial charge < -0.3 is 4.90 Å². The molecule has 3 nitrogen and oxygen atoms in total. The number of fused-ring (bicyclic) bond motifs is 5. The molecule has 3 saturated carbocycles. The Balaban J connectivity index is 1.45. The molecule has 6 atom stereocenters. The molecular weight excluding hydrogens is 306 g/mol. The third-order valence-electron chi connectivity index (χ3n) is 6.64. The third kappa shape index (κ3) is 2.37. The van der Waals surface area contributed by atoms with Gasteiger partial charge in [0.25, 0.3) is 0 Å². The van der Waals surface area contributed by atoms with Gasteiger partial charge in [0.1, 0.15) is 0 Å². The van der Waals surface area contributed by atoms with E-state index in [1.165, 1.54) is 19.3 Å². The second-order valence-corrected chi connectivity index (χ2v) is 9.04. The van der Waals surface area contributed by atoms with Crippen LogP contribution < -0.4 is 0 Å². The van der Waals surface area contributed by atoms with E-state index in [0.717, 1.165) is 22.3 Å². The maximum absolute atomic E-state index is 12.9. The van der Waals surface area contributed by atoms with Crippen molar-refractivity contribution in [2.75, 3.05) is 13.3 Å². The SMILES string of the molecule is C[C@H](c1ccc([S@](C)=O)cc1)N(C)C(=O)C1[C@@H]2[C@H]3CC[C@@H](C3)[C@@H]12. The molecule has 4 rings (SSSR count). The van der Waals surface area contributed by atoms with Gasteiger partial charge >= 0.3 is 0 Å². The Hall–Kier alpha value is -1.16. The summed E-state index contributed by atoms with van der Waals surface area (Å²) in [7, 11) is 0.987. The lowest BCUT2D eigenvalue weighted by molar-refractivity contribution is -0.134. The average Bonchev–Trinajstić information content (AvgIpc) is 2.99. The highest BCUT2D eigenvalue weighted by atomic mass is 32.2. The summed E-state index contributed by atoms with van der Waals surface area (Å²) in [5.74, 6) is 3.70. The predicted octanol–water partition coefficient (Wildman–Crippen LogP) is 3.24. The smallest absolute Gasteiger partial charge is 0.226 e. The molecule has 0 aromatic heterocycles. The van der Waals surface area contributed by atoms with Crippen LogP contribution in [0.5, 0.6) is 0 Å². The van der Waals surface area contributed by atoms with Crippen LogP contribution in [-0.2, 0) is 15.6 Å². The molecule has 3 aliphatic rings. The zero-order valence-electron chi connectivity index (χ0n) is 14.1. The van der Waals surface area contributed by atoms with Crippen molar-refractivity contribution in [3.63, 3.8) is 0 Å². The lowest BCUT2D eigenvalue weighted by atomic mass is 10.0. The molecule has 3 aliphatic carbocycles. The van der Waals surface area contributed by atoms with Gasteiger partial charge in [-0.05, 0) is 67.6 Å². The van der Waals surface area contributed by atoms with E-state index in [0.29, 0.717) is 23.7 Å². The van der Waals surface area contributed by atoms with Crippen molar-refractivity contribution >= 4 is 16.7 Å². The summed E-state index contributed by atoms with van der Waals surface area (Å²) in [6, 6.07) is 7.89. The number of hydrogen-bond acceptors (Lipinski definition) is 2. The van der Waals surface area contributed by atoms with E-state index in [1.807, 2.05) is 36.2 Å². The van der Waals surface area contributed by atoms with Crippen molar-refractivity contribution in [2.24, 2.45) is 29.6 Å². The van der Waals surface area contributed by atoms with Crippen LogP contribution in [0.25, 0.3) is 0 Å². The first-order valence-electron chi connectivity index (χ1n) is 8.69. The van der Waals surface area contributed by atoms with Crippen LogP contribution in [0.4, 0.5) is 0 Å². The maximum Gasteiger partial charge on any atom is 0.226 e. The monoisotopic (exact) mass is 331 g/mol. The normalized spacial score (nSPS) is 36.4. The second-order valence-electron chi connectivity index (χ2n) is 7.66. The van der Waals surface area contributed by atoms with Crippen molar-refractivity contribution in [3.8, 4) is 0 Å². The largest absolute Gasteiger partial charge is 0.339 e. The first kappa shape index (κ1) is 15.4. The Morgan fingerprint density at radius 2 is 1.74 bits per heavy atom. The Morgan fingerprint density at radius 1 is 1.17 bits per heavy atom. The zero-order valence-corrected chi connectivity index (χ0v) is 14.9. The first-order chi connectivity index (χ1) is 11.0. The lowest BCUT2D eigenvalue weighted by Crippen LogP contribution is -2.32. The zero-order chi connectivity index (χ0) is 16.3.